The van der Waals surface area contributed by atoms with Gasteiger partial charge in [-0.1, -0.05) is 20.8 Å². The number of benzene rings is 1. The van der Waals surface area contributed by atoms with Crippen LogP contribution in [0.4, 0.5) is 0 Å². The Hall–Kier alpha value is -1.49. The van der Waals surface area contributed by atoms with Crippen molar-refractivity contribution in [1.29, 1.82) is 0 Å². The van der Waals surface area contributed by atoms with E-state index in [1.165, 1.54) is 0 Å². The molecule has 0 aromatic heterocycles. The van der Waals surface area contributed by atoms with Gasteiger partial charge in [0.05, 0.1) is 6.61 Å². The first-order valence-corrected chi connectivity index (χ1v) is 11.0. The smallest absolute Gasteiger partial charge is 0.344 e. The lowest BCUT2D eigenvalue weighted by Crippen LogP contribution is -2.43. The van der Waals surface area contributed by atoms with Crippen LogP contribution >= 0.6 is 0 Å². The van der Waals surface area contributed by atoms with Crippen molar-refractivity contribution in [2.24, 2.45) is 0 Å². The molecule has 1 rings (SSSR count). The van der Waals surface area contributed by atoms with Gasteiger partial charge < -0.3 is 13.9 Å². The fourth-order valence-corrected chi connectivity index (χ4v) is 2.99. The summed E-state index contributed by atoms with van der Waals surface area (Å²) in [5.41, 5.74) is 1.92. The van der Waals surface area contributed by atoms with Crippen molar-refractivity contribution < 1.29 is 18.7 Å². The van der Waals surface area contributed by atoms with Crippen LogP contribution in [-0.2, 0) is 9.53 Å². The van der Waals surface area contributed by atoms with Gasteiger partial charge in [-0.25, -0.2) is 4.79 Å². The summed E-state index contributed by atoms with van der Waals surface area (Å²) in [5.74, 6) is 1.24. The maximum Gasteiger partial charge on any atom is 0.344 e. The summed E-state index contributed by atoms with van der Waals surface area (Å²) >= 11 is 0. The van der Waals surface area contributed by atoms with Gasteiger partial charge in [0.1, 0.15) is 11.5 Å². The van der Waals surface area contributed by atoms with E-state index in [0.717, 1.165) is 22.6 Å². The normalized spacial score (nSPS) is 12.0. The fourth-order valence-electron chi connectivity index (χ4n) is 1.98. The Bertz CT molecular complexity index is 536. The predicted molar refractivity (Wildman–Crippen MR) is 95.9 cm³/mol. The first kappa shape index (κ1) is 19.6. The average molecular weight is 339 g/mol. The van der Waals surface area contributed by atoms with Crippen molar-refractivity contribution in [2.45, 2.75) is 59.7 Å². The van der Waals surface area contributed by atoms with Crippen molar-refractivity contribution in [3.05, 3.63) is 23.3 Å². The Morgan fingerprint density at radius 2 is 1.65 bits per heavy atom. The summed E-state index contributed by atoms with van der Waals surface area (Å²) in [4.78, 5) is 11.4. The van der Waals surface area contributed by atoms with Gasteiger partial charge in [0.2, 0.25) is 8.32 Å². The molecule has 0 saturated heterocycles. The number of carbonyl (C=O) groups excluding carboxylic acids is 1. The van der Waals surface area contributed by atoms with Crippen LogP contribution < -0.4 is 9.16 Å². The lowest BCUT2D eigenvalue weighted by Gasteiger charge is -2.36. The molecule has 0 heterocycles. The molecule has 0 saturated carbocycles. The number of carbonyl (C=O) groups is 1. The second-order valence-corrected chi connectivity index (χ2v) is 12.1. The van der Waals surface area contributed by atoms with Crippen LogP contribution in [0.5, 0.6) is 11.5 Å². The third kappa shape index (κ3) is 5.27. The van der Waals surface area contributed by atoms with Crippen LogP contribution in [0.1, 0.15) is 38.8 Å². The molecule has 0 atom stereocenters. The molecule has 1 aromatic rings. The Kier molecular flexibility index (Phi) is 6.28. The monoisotopic (exact) mass is 338 g/mol. The number of hydrogen-bond acceptors (Lipinski definition) is 4. The van der Waals surface area contributed by atoms with E-state index >= 15 is 0 Å². The van der Waals surface area contributed by atoms with Crippen LogP contribution in [0, 0.1) is 13.8 Å². The maximum atomic E-state index is 11.4. The van der Waals surface area contributed by atoms with E-state index in [-0.39, 0.29) is 17.6 Å². The molecule has 0 spiro atoms. The molecule has 0 fully saturated rings. The fraction of sp³-hybridized carbons (Fsp3) is 0.611. The third-order valence-corrected chi connectivity index (χ3v) is 8.61. The predicted octanol–water partition coefficient (Wildman–Crippen LogP) is 4.63. The molecule has 0 aliphatic carbocycles. The molecule has 0 aliphatic heterocycles. The molecule has 0 unspecified atom stereocenters. The quantitative estimate of drug-likeness (QED) is 0.560. The highest BCUT2D eigenvalue weighted by Gasteiger charge is 2.39. The molecule has 0 amide bonds. The molecule has 23 heavy (non-hydrogen) atoms. The van der Waals surface area contributed by atoms with Crippen molar-refractivity contribution in [1.82, 2.24) is 0 Å². The summed E-state index contributed by atoms with van der Waals surface area (Å²) in [6, 6.07) is 3.96. The van der Waals surface area contributed by atoms with Crippen LogP contribution in [-0.4, -0.2) is 27.5 Å². The second kappa shape index (κ2) is 7.38. The summed E-state index contributed by atoms with van der Waals surface area (Å²) in [6.45, 7) is 17.1. The Labute approximate surface area is 141 Å². The van der Waals surface area contributed by atoms with Crippen LogP contribution in [0.3, 0.4) is 0 Å². The van der Waals surface area contributed by atoms with Gasteiger partial charge >= 0.3 is 5.97 Å². The van der Waals surface area contributed by atoms with Gasteiger partial charge in [0.15, 0.2) is 6.61 Å². The zero-order valence-electron chi connectivity index (χ0n) is 15.7. The number of rotatable bonds is 6. The summed E-state index contributed by atoms with van der Waals surface area (Å²) in [5, 5.41) is 0.147. The molecule has 5 heteroatoms. The van der Waals surface area contributed by atoms with Gasteiger partial charge in [-0.3, -0.25) is 0 Å². The zero-order valence-corrected chi connectivity index (χ0v) is 16.7. The summed E-state index contributed by atoms with van der Waals surface area (Å²) in [7, 11) is -1.87. The van der Waals surface area contributed by atoms with Gasteiger partial charge in [0.25, 0.3) is 0 Å². The average Bonchev–Trinajstić information content (AvgIpc) is 2.36. The number of hydrogen-bond donors (Lipinski definition) is 0. The highest BCUT2D eigenvalue weighted by atomic mass is 28.4. The molecular formula is C18H30O4Si. The van der Waals surface area contributed by atoms with Gasteiger partial charge in [0, 0.05) is 0 Å². The van der Waals surface area contributed by atoms with Gasteiger partial charge in [-0.05, 0) is 62.2 Å². The molecule has 130 valence electrons. The minimum Gasteiger partial charge on any atom is -0.543 e. The number of aryl methyl sites for hydroxylation is 2. The molecule has 1 aromatic carbocycles. The maximum absolute atomic E-state index is 11.4. The molecule has 4 nitrogen and oxygen atoms in total. The van der Waals surface area contributed by atoms with Gasteiger partial charge in [-0.15, -0.1) is 0 Å². The minimum atomic E-state index is -1.87. The number of esters is 1. The van der Waals surface area contributed by atoms with E-state index in [0.29, 0.717) is 6.61 Å². The van der Waals surface area contributed by atoms with Crippen molar-refractivity contribution in [3.8, 4) is 11.5 Å². The Morgan fingerprint density at radius 1 is 1.13 bits per heavy atom. The molecule has 0 bridgehead atoms. The SMILES string of the molecule is CCOC(=O)COc1c(C)cc(O[Si](C)(C)C(C)(C)C)cc1C. The number of ether oxygens (including phenoxy) is 2. The van der Waals surface area contributed by atoms with E-state index < -0.39 is 8.32 Å². The van der Waals surface area contributed by atoms with Crippen molar-refractivity contribution >= 4 is 14.3 Å². The Morgan fingerprint density at radius 3 is 2.09 bits per heavy atom. The van der Waals surface area contributed by atoms with E-state index in [1.807, 2.05) is 26.0 Å². The standard InChI is InChI=1S/C18H30O4Si/c1-9-20-16(19)12-21-17-13(2)10-15(11-14(17)3)22-23(7,8)18(4,5)6/h10-11H,9,12H2,1-8H3. The van der Waals surface area contributed by atoms with E-state index in [2.05, 4.69) is 33.9 Å². The highest BCUT2D eigenvalue weighted by molar-refractivity contribution is 6.74. The first-order valence-electron chi connectivity index (χ1n) is 8.06. The summed E-state index contributed by atoms with van der Waals surface area (Å²) < 4.78 is 16.8. The lowest BCUT2D eigenvalue weighted by molar-refractivity contribution is -0.145. The van der Waals surface area contributed by atoms with Crippen molar-refractivity contribution in [3.63, 3.8) is 0 Å². The summed E-state index contributed by atoms with van der Waals surface area (Å²) in [6.07, 6.45) is 0. The minimum absolute atomic E-state index is 0.0715. The van der Waals surface area contributed by atoms with Gasteiger partial charge in [-0.2, -0.15) is 0 Å². The van der Waals surface area contributed by atoms with Crippen LogP contribution in [0.2, 0.25) is 18.1 Å². The Balaban J connectivity index is 2.91. The van der Waals surface area contributed by atoms with Crippen LogP contribution in [0.25, 0.3) is 0 Å². The van der Waals surface area contributed by atoms with Crippen molar-refractivity contribution in [2.75, 3.05) is 13.2 Å². The topological polar surface area (TPSA) is 44.8 Å². The first-order chi connectivity index (χ1) is 10.5. The van der Waals surface area contributed by atoms with Crippen LogP contribution in [0.15, 0.2) is 12.1 Å². The molecule has 0 N–H and O–H groups in total. The van der Waals surface area contributed by atoms with E-state index in [9.17, 15) is 4.79 Å². The largest absolute Gasteiger partial charge is 0.543 e. The molecular weight excluding hydrogens is 308 g/mol. The highest BCUT2D eigenvalue weighted by Crippen LogP contribution is 2.38. The molecule has 0 aliphatic rings. The zero-order chi connectivity index (χ0) is 17.8. The molecule has 0 radical (unpaired) electrons. The van der Waals surface area contributed by atoms with E-state index in [1.54, 1.807) is 6.92 Å². The second-order valence-electron chi connectivity index (χ2n) is 7.34. The third-order valence-electron chi connectivity index (χ3n) is 4.25. The lowest BCUT2D eigenvalue weighted by atomic mass is 10.1. The van der Waals surface area contributed by atoms with E-state index in [4.69, 9.17) is 13.9 Å².